The zero-order chi connectivity index (χ0) is 14.5. The molecule has 0 fully saturated rings. The summed E-state index contributed by atoms with van der Waals surface area (Å²) in [7, 11) is 0. The summed E-state index contributed by atoms with van der Waals surface area (Å²) in [5.74, 6) is -0.539. The van der Waals surface area contributed by atoms with Crippen LogP contribution >= 0.6 is 0 Å². The fraction of sp³-hybridized carbons (Fsp3) is 0.214. The van der Waals surface area contributed by atoms with Gasteiger partial charge in [-0.15, -0.1) is 0 Å². The van der Waals surface area contributed by atoms with Crippen molar-refractivity contribution >= 4 is 17.6 Å². The molecule has 0 atom stereocenters. The number of esters is 1. The second-order valence-electron chi connectivity index (χ2n) is 4.04. The van der Waals surface area contributed by atoms with E-state index in [1.807, 2.05) is 0 Å². The van der Waals surface area contributed by atoms with Gasteiger partial charge in [0.1, 0.15) is 6.33 Å². The normalized spacial score (nSPS) is 10.1. The van der Waals surface area contributed by atoms with Crippen LogP contribution in [0.25, 0.3) is 0 Å². The lowest BCUT2D eigenvalue weighted by molar-refractivity contribution is -0.117. The first-order valence-corrected chi connectivity index (χ1v) is 6.19. The Kier molecular flexibility index (Phi) is 4.14. The molecule has 0 unspecified atom stereocenters. The van der Waals surface area contributed by atoms with Crippen LogP contribution in [-0.2, 0) is 9.53 Å². The number of rotatable bonds is 4. The van der Waals surface area contributed by atoms with Crippen molar-refractivity contribution in [3.05, 3.63) is 48.5 Å². The maximum absolute atomic E-state index is 11.7. The number of aromatic nitrogens is 2. The van der Waals surface area contributed by atoms with Gasteiger partial charge in [0.25, 0.3) is 0 Å². The number of carbonyl (C=O) groups excluding carboxylic acids is 2. The maximum Gasteiger partial charge on any atom is 0.338 e. The topological polar surface area (TPSA) is 64.4 Å². The Labute approximate surface area is 116 Å². The largest absolute Gasteiger partial charge is 0.462 e. The van der Waals surface area contributed by atoms with Crippen molar-refractivity contribution in [2.24, 2.45) is 0 Å². The molecule has 0 saturated heterocycles. The summed E-state index contributed by atoms with van der Waals surface area (Å²) < 4.78 is 6.48. The molecule has 104 valence electrons. The first-order chi connectivity index (χ1) is 9.63. The summed E-state index contributed by atoms with van der Waals surface area (Å²) in [6.45, 7) is 3.54. The number of anilines is 1. The summed E-state index contributed by atoms with van der Waals surface area (Å²) in [6.07, 6.45) is 4.78. The predicted octanol–water partition coefficient (Wildman–Crippen LogP) is 1.88. The van der Waals surface area contributed by atoms with Gasteiger partial charge in [-0.05, 0) is 31.2 Å². The zero-order valence-electron chi connectivity index (χ0n) is 11.3. The second-order valence-corrected chi connectivity index (χ2v) is 4.04. The van der Waals surface area contributed by atoms with Crippen LogP contribution in [0.4, 0.5) is 5.69 Å². The molecular formula is C14H15N3O3. The molecule has 1 aromatic heterocycles. The van der Waals surface area contributed by atoms with E-state index in [0.29, 0.717) is 17.9 Å². The van der Waals surface area contributed by atoms with Crippen molar-refractivity contribution in [1.29, 1.82) is 0 Å². The molecule has 0 spiro atoms. The van der Waals surface area contributed by atoms with E-state index < -0.39 is 0 Å². The maximum atomic E-state index is 11.7. The van der Waals surface area contributed by atoms with Gasteiger partial charge in [0.2, 0.25) is 5.91 Å². The Morgan fingerprint density at radius 2 is 2.00 bits per heavy atom. The standard InChI is InChI=1S/C14H15N3O3/c1-3-20-14(19)12-4-6-13(7-5-12)17(11(2)18)16-9-8-15-10-16/h4-10H,3H2,1-2H3. The minimum atomic E-state index is -0.379. The first-order valence-electron chi connectivity index (χ1n) is 6.19. The van der Waals surface area contributed by atoms with Gasteiger partial charge in [-0.3, -0.25) is 4.79 Å². The molecule has 20 heavy (non-hydrogen) atoms. The molecule has 0 aliphatic rings. The van der Waals surface area contributed by atoms with Crippen molar-refractivity contribution in [2.45, 2.75) is 13.8 Å². The Balaban J connectivity index is 2.28. The number of hydrogen-bond donors (Lipinski definition) is 0. The van der Waals surface area contributed by atoms with E-state index in [1.165, 1.54) is 18.3 Å². The van der Waals surface area contributed by atoms with Crippen LogP contribution in [0.5, 0.6) is 0 Å². The van der Waals surface area contributed by atoms with Gasteiger partial charge in [-0.1, -0.05) is 0 Å². The van der Waals surface area contributed by atoms with E-state index in [9.17, 15) is 9.59 Å². The number of benzene rings is 1. The van der Waals surface area contributed by atoms with Crippen molar-refractivity contribution in [2.75, 3.05) is 11.6 Å². The van der Waals surface area contributed by atoms with Gasteiger partial charge in [0.15, 0.2) is 0 Å². The lowest BCUT2D eigenvalue weighted by atomic mass is 10.2. The van der Waals surface area contributed by atoms with Gasteiger partial charge in [-0.2, -0.15) is 0 Å². The quantitative estimate of drug-likeness (QED) is 0.798. The van der Waals surface area contributed by atoms with Gasteiger partial charge >= 0.3 is 5.97 Å². The zero-order valence-corrected chi connectivity index (χ0v) is 11.3. The molecule has 0 bridgehead atoms. The third kappa shape index (κ3) is 2.85. The number of nitrogens with zero attached hydrogens (tertiary/aromatic N) is 3. The Bertz CT molecular complexity index is 591. The lowest BCUT2D eigenvalue weighted by Gasteiger charge is -2.21. The van der Waals surface area contributed by atoms with Gasteiger partial charge in [-0.25, -0.2) is 19.5 Å². The molecule has 0 aliphatic carbocycles. The SMILES string of the molecule is CCOC(=O)c1ccc(N(C(C)=O)n2ccnc2)cc1. The molecule has 2 aromatic rings. The molecule has 1 amide bonds. The number of imidazole rings is 1. The van der Waals surface area contributed by atoms with Crippen molar-refractivity contribution in [3.8, 4) is 0 Å². The summed E-state index contributed by atoms with van der Waals surface area (Å²) in [5, 5.41) is 1.45. The highest BCUT2D eigenvalue weighted by Crippen LogP contribution is 2.17. The highest BCUT2D eigenvalue weighted by atomic mass is 16.5. The number of carbonyl (C=O) groups is 2. The van der Waals surface area contributed by atoms with E-state index in [0.717, 1.165) is 0 Å². The van der Waals surface area contributed by atoms with Gasteiger partial charge < -0.3 is 4.74 Å². The molecule has 0 aliphatic heterocycles. The summed E-state index contributed by atoms with van der Waals surface area (Å²) in [5.41, 5.74) is 1.09. The Morgan fingerprint density at radius 1 is 1.30 bits per heavy atom. The monoisotopic (exact) mass is 273 g/mol. The third-order valence-corrected chi connectivity index (χ3v) is 2.64. The molecule has 0 radical (unpaired) electrons. The van der Waals surface area contributed by atoms with Crippen molar-refractivity contribution < 1.29 is 14.3 Å². The minimum absolute atomic E-state index is 0.160. The fourth-order valence-corrected chi connectivity index (χ4v) is 1.80. The summed E-state index contributed by atoms with van der Waals surface area (Å²) in [6, 6.07) is 6.63. The molecule has 2 rings (SSSR count). The smallest absolute Gasteiger partial charge is 0.338 e. The molecule has 0 saturated carbocycles. The van der Waals surface area contributed by atoms with E-state index in [2.05, 4.69) is 4.98 Å². The van der Waals surface area contributed by atoms with Crippen LogP contribution in [0.1, 0.15) is 24.2 Å². The van der Waals surface area contributed by atoms with E-state index in [4.69, 9.17) is 4.74 Å². The molecule has 6 heteroatoms. The Morgan fingerprint density at radius 3 is 2.50 bits per heavy atom. The molecular weight excluding hydrogens is 258 g/mol. The van der Waals surface area contributed by atoms with Crippen LogP contribution in [0.15, 0.2) is 43.0 Å². The highest BCUT2D eigenvalue weighted by molar-refractivity contribution is 5.93. The number of hydrogen-bond acceptors (Lipinski definition) is 4. The van der Waals surface area contributed by atoms with E-state index >= 15 is 0 Å². The average molecular weight is 273 g/mol. The van der Waals surface area contributed by atoms with E-state index in [1.54, 1.807) is 48.3 Å². The van der Waals surface area contributed by atoms with E-state index in [-0.39, 0.29) is 11.9 Å². The van der Waals surface area contributed by atoms with Crippen LogP contribution in [-0.4, -0.2) is 28.1 Å². The summed E-state index contributed by atoms with van der Waals surface area (Å²) >= 11 is 0. The van der Waals surface area contributed by atoms with Crippen molar-refractivity contribution in [1.82, 2.24) is 9.66 Å². The lowest BCUT2D eigenvalue weighted by Crippen LogP contribution is -2.33. The first kappa shape index (κ1) is 13.8. The summed E-state index contributed by atoms with van der Waals surface area (Å²) in [4.78, 5) is 27.2. The number of amides is 1. The fourth-order valence-electron chi connectivity index (χ4n) is 1.80. The predicted molar refractivity (Wildman–Crippen MR) is 73.2 cm³/mol. The Hall–Kier alpha value is -2.63. The third-order valence-electron chi connectivity index (χ3n) is 2.64. The van der Waals surface area contributed by atoms with Crippen LogP contribution in [0.3, 0.4) is 0 Å². The van der Waals surface area contributed by atoms with Crippen molar-refractivity contribution in [3.63, 3.8) is 0 Å². The van der Waals surface area contributed by atoms with Crippen LogP contribution < -0.4 is 5.01 Å². The van der Waals surface area contributed by atoms with Crippen LogP contribution in [0.2, 0.25) is 0 Å². The van der Waals surface area contributed by atoms with Crippen LogP contribution in [0, 0.1) is 0 Å². The highest BCUT2D eigenvalue weighted by Gasteiger charge is 2.14. The molecule has 1 aromatic carbocycles. The second kappa shape index (κ2) is 6.01. The van der Waals surface area contributed by atoms with Gasteiger partial charge in [0, 0.05) is 19.3 Å². The molecule has 0 N–H and O–H groups in total. The van der Waals surface area contributed by atoms with Gasteiger partial charge in [0.05, 0.1) is 17.9 Å². The average Bonchev–Trinajstić information content (AvgIpc) is 2.93. The number of ether oxygens (including phenoxy) is 1. The minimum Gasteiger partial charge on any atom is -0.462 e. The molecule has 1 heterocycles. The molecule has 6 nitrogen and oxygen atoms in total.